The molecule has 0 heterocycles. The van der Waals surface area contributed by atoms with Crippen molar-refractivity contribution in [3.63, 3.8) is 0 Å². The molecule has 0 N–H and O–H groups in total. The summed E-state index contributed by atoms with van der Waals surface area (Å²) < 4.78 is 0. The zero-order valence-electron chi connectivity index (χ0n) is 12.1. The quantitative estimate of drug-likeness (QED) is 0.788. The highest BCUT2D eigenvalue weighted by Gasteiger charge is 2.24. The van der Waals surface area contributed by atoms with Gasteiger partial charge in [-0.05, 0) is 33.3 Å². The first kappa shape index (κ1) is 15.4. The van der Waals surface area contributed by atoms with Gasteiger partial charge in [0.05, 0.1) is 12.6 Å². The predicted molar refractivity (Wildman–Crippen MR) is 76.8 cm³/mol. The van der Waals surface area contributed by atoms with E-state index in [2.05, 4.69) is 38.7 Å². The molecule has 3 nitrogen and oxygen atoms in total. The van der Waals surface area contributed by atoms with Crippen LogP contribution in [0, 0.1) is 11.3 Å². The van der Waals surface area contributed by atoms with Crippen molar-refractivity contribution in [2.75, 3.05) is 6.54 Å². The van der Waals surface area contributed by atoms with Crippen LogP contribution in [0.2, 0.25) is 0 Å². The van der Waals surface area contributed by atoms with Crippen LogP contribution in [-0.4, -0.2) is 29.3 Å². The second-order valence-electron chi connectivity index (χ2n) is 5.30. The van der Waals surface area contributed by atoms with E-state index in [1.54, 1.807) is 0 Å². The molecule has 0 unspecified atom stereocenters. The lowest BCUT2D eigenvalue weighted by Crippen LogP contribution is -2.41. The fraction of sp³-hybridized carbons (Fsp3) is 0.500. The highest BCUT2D eigenvalue weighted by atomic mass is 16.1. The zero-order chi connectivity index (χ0) is 14.4. The normalized spacial score (nSPS) is 12.7. The molecule has 19 heavy (non-hydrogen) atoms. The average Bonchev–Trinajstić information content (AvgIpc) is 2.37. The molecule has 0 radical (unpaired) electrons. The van der Waals surface area contributed by atoms with E-state index in [4.69, 9.17) is 0 Å². The number of carbonyl (C=O) groups excluding carboxylic acids is 1. The molecule has 3 heteroatoms. The summed E-state index contributed by atoms with van der Waals surface area (Å²) in [5.41, 5.74) is 0.780. The number of benzene rings is 1. The summed E-state index contributed by atoms with van der Waals surface area (Å²) in [5, 5.41) is 9.25. The van der Waals surface area contributed by atoms with Gasteiger partial charge in [-0.3, -0.25) is 9.69 Å². The number of nitriles is 1. The van der Waals surface area contributed by atoms with Crippen LogP contribution < -0.4 is 0 Å². The minimum atomic E-state index is -0.666. The van der Waals surface area contributed by atoms with Gasteiger partial charge < -0.3 is 0 Å². The summed E-state index contributed by atoms with van der Waals surface area (Å²) in [7, 11) is 0. The molecule has 1 aromatic carbocycles. The topological polar surface area (TPSA) is 44.1 Å². The van der Waals surface area contributed by atoms with Crippen molar-refractivity contribution in [1.29, 1.82) is 5.26 Å². The summed E-state index contributed by atoms with van der Waals surface area (Å²) in [6.07, 6.45) is 0. The van der Waals surface area contributed by atoms with Crippen molar-refractivity contribution < 1.29 is 4.79 Å². The van der Waals surface area contributed by atoms with E-state index in [0.717, 1.165) is 5.56 Å². The maximum atomic E-state index is 12.3. The fourth-order valence-electron chi connectivity index (χ4n) is 2.21. The van der Waals surface area contributed by atoms with Crippen LogP contribution in [0.15, 0.2) is 30.3 Å². The van der Waals surface area contributed by atoms with Crippen LogP contribution in [0.25, 0.3) is 0 Å². The Morgan fingerprint density at radius 3 is 2.11 bits per heavy atom. The van der Waals surface area contributed by atoms with Crippen molar-refractivity contribution in [3.05, 3.63) is 35.9 Å². The van der Waals surface area contributed by atoms with E-state index in [-0.39, 0.29) is 5.78 Å². The van der Waals surface area contributed by atoms with E-state index in [0.29, 0.717) is 18.6 Å². The van der Waals surface area contributed by atoms with E-state index >= 15 is 0 Å². The molecule has 0 saturated heterocycles. The van der Waals surface area contributed by atoms with Crippen LogP contribution in [0.1, 0.15) is 39.2 Å². The first-order valence-corrected chi connectivity index (χ1v) is 6.70. The summed E-state index contributed by atoms with van der Waals surface area (Å²) >= 11 is 0. The Morgan fingerprint density at radius 1 is 1.16 bits per heavy atom. The highest BCUT2D eigenvalue weighted by Crippen LogP contribution is 2.17. The Hall–Kier alpha value is -1.66. The molecular weight excluding hydrogens is 236 g/mol. The molecule has 0 spiro atoms. The molecule has 0 saturated carbocycles. The van der Waals surface area contributed by atoms with Crippen molar-refractivity contribution in [2.24, 2.45) is 0 Å². The van der Waals surface area contributed by atoms with Gasteiger partial charge in [-0.1, -0.05) is 30.3 Å². The van der Waals surface area contributed by atoms with E-state index < -0.39 is 5.92 Å². The van der Waals surface area contributed by atoms with Crippen LogP contribution in [0.3, 0.4) is 0 Å². The smallest absolute Gasteiger partial charge is 0.168 e. The lowest BCUT2D eigenvalue weighted by atomic mass is 9.95. The lowest BCUT2D eigenvalue weighted by molar-refractivity contribution is -0.121. The molecular formula is C16H22N2O. The van der Waals surface area contributed by atoms with Crippen LogP contribution in [0.4, 0.5) is 0 Å². The lowest BCUT2D eigenvalue weighted by Gasteiger charge is -2.30. The molecule has 0 aromatic heterocycles. The first-order chi connectivity index (χ1) is 8.97. The molecule has 1 atom stereocenters. The Balaban J connectivity index is 2.84. The Bertz CT molecular complexity index is 438. The van der Waals surface area contributed by atoms with Gasteiger partial charge in [0, 0.05) is 12.1 Å². The molecule has 0 aliphatic rings. The third kappa shape index (κ3) is 4.18. The number of Topliss-reactive ketones (excluding diaryl/α,β-unsaturated/α-hetero) is 1. The summed E-state index contributed by atoms with van der Waals surface area (Å²) in [6, 6.07) is 12.0. The number of ketones is 1. The molecule has 102 valence electrons. The zero-order valence-corrected chi connectivity index (χ0v) is 12.1. The third-order valence-corrected chi connectivity index (χ3v) is 3.25. The third-order valence-electron chi connectivity index (χ3n) is 3.25. The molecule has 0 aliphatic heterocycles. The number of carbonyl (C=O) groups is 1. The summed E-state index contributed by atoms with van der Waals surface area (Å²) in [5.74, 6) is -0.697. The minimum absolute atomic E-state index is 0.0314. The monoisotopic (exact) mass is 258 g/mol. The second-order valence-corrected chi connectivity index (χ2v) is 5.30. The predicted octanol–water partition coefficient (Wildman–Crippen LogP) is 2.98. The van der Waals surface area contributed by atoms with Crippen LogP contribution in [-0.2, 0) is 4.79 Å². The van der Waals surface area contributed by atoms with Gasteiger partial charge in [0.1, 0.15) is 5.92 Å². The molecule has 0 bridgehead atoms. The molecule has 0 fully saturated rings. The number of hydrogen-bond acceptors (Lipinski definition) is 3. The average molecular weight is 258 g/mol. The van der Waals surface area contributed by atoms with Gasteiger partial charge >= 0.3 is 0 Å². The fourth-order valence-corrected chi connectivity index (χ4v) is 2.21. The van der Waals surface area contributed by atoms with Gasteiger partial charge in [-0.25, -0.2) is 0 Å². The Kier molecular flexibility index (Phi) is 5.72. The van der Waals surface area contributed by atoms with Crippen molar-refractivity contribution in [1.82, 2.24) is 4.90 Å². The molecule has 0 amide bonds. The van der Waals surface area contributed by atoms with E-state index in [9.17, 15) is 10.1 Å². The summed E-state index contributed by atoms with van der Waals surface area (Å²) in [6.45, 7) is 8.59. The first-order valence-electron chi connectivity index (χ1n) is 6.70. The van der Waals surface area contributed by atoms with Crippen LogP contribution in [0.5, 0.6) is 0 Å². The maximum absolute atomic E-state index is 12.3. The second kappa shape index (κ2) is 7.06. The van der Waals surface area contributed by atoms with Crippen molar-refractivity contribution in [2.45, 2.75) is 45.7 Å². The van der Waals surface area contributed by atoms with Gasteiger partial charge in [0.25, 0.3) is 0 Å². The largest absolute Gasteiger partial charge is 0.296 e. The summed E-state index contributed by atoms with van der Waals surface area (Å²) in [4.78, 5) is 14.4. The van der Waals surface area contributed by atoms with Crippen molar-refractivity contribution >= 4 is 5.78 Å². The molecule has 1 aromatic rings. The minimum Gasteiger partial charge on any atom is -0.296 e. The van der Waals surface area contributed by atoms with E-state index in [1.165, 1.54) is 0 Å². The molecule has 1 rings (SSSR count). The maximum Gasteiger partial charge on any atom is 0.168 e. The Morgan fingerprint density at radius 2 is 1.68 bits per heavy atom. The molecule has 0 aliphatic carbocycles. The van der Waals surface area contributed by atoms with Crippen molar-refractivity contribution in [3.8, 4) is 6.07 Å². The number of hydrogen-bond donors (Lipinski definition) is 0. The Labute approximate surface area is 115 Å². The van der Waals surface area contributed by atoms with Crippen LogP contribution >= 0.6 is 0 Å². The van der Waals surface area contributed by atoms with Gasteiger partial charge in [0.2, 0.25) is 0 Å². The van der Waals surface area contributed by atoms with E-state index in [1.807, 2.05) is 30.3 Å². The number of nitrogens with zero attached hydrogens (tertiary/aromatic N) is 2. The number of rotatable bonds is 6. The highest BCUT2D eigenvalue weighted by molar-refractivity contribution is 5.90. The van der Waals surface area contributed by atoms with Gasteiger partial charge in [-0.15, -0.1) is 0 Å². The standard InChI is InChI=1S/C16H22N2O/c1-12(2)18(13(3)4)11-16(19)15(10-17)14-8-6-5-7-9-14/h5-9,12-13,15H,11H2,1-4H3/t15-/m0/s1. The van der Waals surface area contributed by atoms with Gasteiger partial charge in [0.15, 0.2) is 5.78 Å². The van der Waals surface area contributed by atoms with Gasteiger partial charge in [-0.2, -0.15) is 5.26 Å². The SMILES string of the molecule is CC(C)N(CC(=O)[C@@H](C#N)c1ccccc1)C(C)C.